The molecule has 2 fully saturated rings. The fraction of sp³-hybridized carbons (Fsp3) is 0.500. The van der Waals surface area contributed by atoms with Crippen molar-refractivity contribution < 1.29 is 40.7 Å². The van der Waals surface area contributed by atoms with Crippen LogP contribution >= 0.6 is 11.8 Å². The van der Waals surface area contributed by atoms with Gasteiger partial charge in [0.15, 0.2) is 20.9 Å². The van der Waals surface area contributed by atoms with Gasteiger partial charge in [-0.3, -0.25) is 4.79 Å². The maximum atomic E-state index is 14.2. The zero-order valence-electron chi connectivity index (χ0n) is 22.2. The van der Waals surface area contributed by atoms with Crippen LogP contribution in [-0.4, -0.2) is 50.2 Å². The summed E-state index contributed by atoms with van der Waals surface area (Å²) < 4.78 is 77.3. The number of rotatable bonds is 6. The summed E-state index contributed by atoms with van der Waals surface area (Å²) in [5.74, 6) is -0.423. The van der Waals surface area contributed by atoms with E-state index in [1.54, 1.807) is 12.1 Å². The third-order valence-corrected chi connectivity index (χ3v) is 11.0. The Balaban J connectivity index is 1.43. The lowest BCUT2D eigenvalue weighted by Gasteiger charge is -2.34. The quantitative estimate of drug-likeness (QED) is 0.417. The Bertz CT molecular complexity index is 1400. The first-order valence-electron chi connectivity index (χ1n) is 13.5. The van der Waals surface area contributed by atoms with E-state index in [1.165, 1.54) is 30.0 Å². The minimum absolute atomic E-state index is 0.0138. The van der Waals surface area contributed by atoms with Crippen LogP contribution in [0.15, 0.2) is 52.4 Å². The molecule has 2 aromatic rings. The highest BCUT2D eigenvalue weighted by atomic mass is 32.2. The molecule has 0 bridgehead atoms. The van der Waals surface area contributed by atoms with Gasteiger partial charge in [0.25, 0.3) is 5.91 Å². The standard InChI is InChI=1S/C28H31F3N2O6S2/c29-28(30,31)21-7-3-6-19(16-21)25-32-23-10-9-22(17-20(23)18-40-25)41(35,36)27(11-4-13-37-14-5-12-27)26(34)33-39-24-8-1-2-15-38-24/h3,6-7,9-10,16-17,24H,1-2,4-5,8,11-15,18H2,(H,33,34). The number of nitrogens with zero attached hydrogens (tertiary/aromatic N) is 1. The molecule has 222 valence electrons. The summed E-state index contributed by atoms with van der Waals surface area (Å²) in [5.41, 5.74) is 3.05. The molecule has 13 heteroatoms. The number of sulfone groups is 1. The number of ether oxygens (including phenoxy) is 2. The third-order valence-electron chi connectivity index (χ3n) is 7.47. The zero-order chi connectivity index (χ0) is 29.1. The molecule has 0 aromatic heterocycles. The molecule has 1 N–H and O–H groups in total. The van der Waals surface area contributed by atoms with Crippen LogP contribution in [0.2, 0.25) is 0 Å². The summed E-state index contributed by atoms with van der Waals surface area (Å²) >= 11 is 1.23. The van der Waals surface area contributed by atoms with Crippen molar-refractivity contribution in [3.05, 3.63) is 59.2 Å². The fourth-order valence-corrected chi connectivity index (χ4v) is 8.31. The normalized spacial score (nSPS) is 21.6. The Morgan fingerprint density at radius 2 is 1.83 bits per heavy atom. The monoisotopic (exact) mass is 612 g/mol. The highest BCUT2D eigenvalue weighted by molar-refractivity contribution is 8.13. The molecule has 2 aromatic carbocycles. The van der Waals surface area contributed by atoms with Crippen molar-refractivity contribution in [2.24, 2.45) is 4.99 Å². The number of fused-ring (bicyclic) bond motifs is 1. The summed E-state index contributed by atoms with van der Waals surface area (Å²) in [6.45, 7) is 1.18. The van der Waals surface area contributed by atoms with Crippen molar-refractivity contribution in [1.29, 1.82) is 0 Å². The number of alkyl halides is 3. The van der Waals surface area contributed by atoms with Gasteiger partial charge in [-0.25, -0.2) is 23.7 Å². The van der Waals surface area contributed by atoms with E-state index in [1.807, 2.05) is 0 Å². The van der Waals surface area contributed by atoms with Gasteiger partial charge in [0, 0.05) is 37.6 Å². The number of benzene rings is 2. The van der Waals surface area contributed by atoms with E-state index in [-0.39, 0.29) is 17.7 Å². The van der Waals surface area contributed by atoms with Crippen molar-refractivity contribution in [3.63, 3.8) is 0 Å². The second-order valence-electron chi connectivity index (χ2n) is 10.2. The Morgan fingerprint density at radius 3 is 2.54 bits per heavy atom. The predicted octanol–water partition coefficient (Wildman–Crippen LogP) is 5.71. The molecule has 1 atom stereocenters. The van der Waals surface area contributed by atoms with Gasteiger partial charge in [-0.15, -0.1) is 11.8 Å². The molecule has 0 spiro atoms. The van der Waals surface area contributed by atoms with Crippen molar-refractivity contribution in [1.82, 2.24) is 5.48 Å². The minimum Gasteiger partial charge on any atom is -0.381 e. The summed E-state index contributed by atoms with van der Waals surface area (Å²) in [5, 5.41) is 0.414. The lowest BCUT2D eigenvalue weighted by molar-refractivity contribution is -0.201. The Hall–Kier alpha value is -2.45. The summed E-state index contributed by atoms with van der Waals surface area (Å²) in [6, 6.07) is 9.42. The first-order chi connectivity index (χ1) is 19.6. The van der Waals surface area contributed by atoms with Crippen LogP contribution in [0.4, 0.5) is 18.9 Å². The first kappa shape index (κ1) is 30.0. The summed E-state index contributed by atoms with van der Waals surface area (Å²) in [6.07, 6.45) is -1.87. The molecular weight excluding hydrogens is 581 g/mol. The third kappa shape index (κ3) is 6.48. The number of hydrogen-bond acceptors (Lipinski definition) is 8. The molecule has 3 heterocycles. The van der Waals surface area contributed by atoms with Crippen LogP contribution in [-0.2, 0) is 40.9 Å². The first-order valence-corrected chi connectivity index (χ1v) is 16.0. The number of halogens is 3. The van der Waals surface area contributed by atoms with Gasteiger partial charge in [0.2, 0.25) is 0 Å². The Labute approximate surface area is 240 Å². The van der Waals surface area contributed by atoms with Crippen LogP contribution in [0, 0.1) is 0 Å². The lowest BCUT2D eigenvalue weighted by Crippen LogP contribution is -2.54. The number of hydroxylamine groups is 1. The highest BCUT2D eigenvalue weighted by Gasteiger charge is 2.51. The molecule has 0 radical (unpaired) electrons. The second kappa shape index (κ2) is 12.4. The van der Waals surface area contributed by atoms with Gasteiger partial charge in [0.1, 0.15) is 5.04 Å². The fourth-order valence-electron chi connectivity index (χ4n) is 5.22. The van der Waals surface area contributed by atoms with E-state index in [4.69, 9.17) is 14.3 Å². The van der Waals surface area contributed by atoms with Crippen LogP contribution in [0.25, 0.3) is 0 Å². The molecule has 1 amide bonds. The van der Waals surface area contributed by atoms with Crippen molar-refractivity contribution in [2.45, 2.75) is 72.8 Å². The number of aliphatic imine (C=N–C) groups is 1. The number of thioether (sulfide) groups is 1. The van der Waals surface area contributed by atoms with Gasteiger partial charge in [0.05, 0.1) is 16.1 Å². The molecule has 8 nitrogen and oxygen atoms in total. The number of carbonyl (C=O) groups is 1. The van der Waals surface area contributed by atoms with Crippen molar-refractivity contribution >= 4 is 38.2 Å². The molecular formula is C28H31F3N2O6S2. The maximum absolute atomic E-state index is 14.2. The summed E-state index contributed by atoms with van der Waals surface area (Å²) in [7, 11) is -4.21. The number of hydrogen-bond donors (Lipinski definition) is 1. The van der Waals surface area contributed by atoms with E-state index in [0.29, 0.717) is 66.7 Å². The Morgan fingerprint density at radius 1 is 1.05 bits per heavy atom. The van der Waals surface area contributed by atoms with E-state index in [9.17, 15) is 26.4 Å². The van der Waals surface area contributed by atoms with Gasteiger partial charge >= 0.3 is 6.18 Å². The molecule has 2 saturated heterocycles. The topological polar surface area (TPSA) is 103 Å². The van der Waals surface area contributed by atoms with Gasteiger partial charge in [-0.2, -0.15) is 13.2 Å². The molecule has 3 aliphatic rings. The van der Waals surface area contributed by atoms with Crippen molar-refractivity contribution in [2.75, 3.05) is 19.8 Å². The molecule has 1 unspecified atom stereocenters. The zero-order valence-corrected chi connectivity index (χ0v) is 23.9. The van der Waals surface area contributed by atoms with Gasteiger partial charge < -0.3 is 9.47 Å². The van der Waals surface area contributed by atoms with E-state index in [0.717, 1.165) is 25.0 Å². The van der Waals surface area contributed by atoms with Gasteiger partial charge in [-0.05, 0) is 74.4 Å². The van der Waals surface area contributed by atoms with Crippen LogP contribution in [0.5, 0.6) is 0 Å². The Kier molecular flexibility index (Phi) is 9.10. The van der Waals surface area contributed by atoms with Crippen LogP contribution in [0.3, 0.4) is 0 Å². The number of carbonyl (C=O) groups excluding carboxylic acids is 1. The molecule has 3 aliphatic heterocycles. The maximum Gasteiger partial charge on any atom is 0.416 e. The molecule has 0 aliphatic carbocycles. The largest absolute Gasteiger partial charge is 0.416 e. The number of nitrogens with one attached hydrogen (secondary N) is 1. The summed E-state index contributed by atoms with van der Waals surface area (Å²) in [4.78, 5) is 23.6. The van der Waals surface area contributed by atoms with Crippen LogP contribution < -0.4 is 5.48 Å². The van der Waals surface area contributed by atoms with Crippen molar-refractivity contribution in [3.8, 4) is 0 Å². The van der Waals surface area contributed by atoms with E-state index < -0.39 is 38.5 Å². The van der Waals surface area contributed by atoms with E-state index >= 15 is 0 Å². The molecule has 0 saturated carbocycles. The van der Waals surface area contributed by atoms with E-state index in [2.05, 4.69) is 10.5 Å². The van der Waals surface area contributed by atoms with Crippen LogP contribution in [0.1, 0.15) is 61.6 Å². The average molecular weight is 613 g/mol. The second-order valence-corrected chi connectivity index (χ2v) is 13.5. The smallest absolute Gasteiger partial charge is 0.381 e. The predicted molar refractivity (Wildman–Crippen MR) is 147 cm³/mol. The molecule has 5 rings (SSSR count). The lowest BCUT2D eigenvalue weighted by atomic mass is 9.95. The minimum atomic E-state index is -4.48. The SMILES string of the molecule is O=C(NOC1CCCCO1)C1(S(=O)(=O)c2ccc3c(c2)CSC(c2cccc(C(F)(F)F)c2)=N3)CCCOCCC1. The number of amides is 1. The van der Waals surface area contributed by atoms with Gasteiger partial charge in [-0.1, -0.05) is 12.1 Å². The average Bonchev–Trinajstić information content (AvgIpc) is 2.95. The highest BCUT2D eigenvalue weighted by Crippen LogP contribution is 2.40. The molecule has 41 heavy (non-hydrogen) atoms.